The fourth-order valence-electron chi connectivity index (χ4n) is 7.85. The SMILES string of the molecule is CC1(C)c2ccccc2-c2c(N(c3ccccc3)c3ccc4c5ccccc5c5ccccc5c4c3)cc3ccccc3c21. The van der Waals surface area contributed by atoms with Crippen molar-refractivity contribution in [1.82, 2.24) is 0 Å². The summed E-state index contributed by atoms with van der Waals surface area (Å²) in [6, 6.07) is 55.8. The van der Waals surface area contributed by atoms with Gasteiger partial charge in [0.05, 0.1) is 5.69 Å². The lowest BCUT2D eigenvalue weighted by molar-refractivity contribution is 0.666. The summed E-state index contributed by atoms with van der Waals surface area (Å²) in [4.78, 5) is 2.48. The molecule has 0 N–H and O–H groups in total. The van der Waals surface area contributed by atoms with Crippen molar-refractivity contribution >= 4 is 60.2 Å². The van der Waals surface area contributed by atoms with Gasteiger partial charge in [0.25, 0.3) is 0 Å². The van der Waals surface area contributed by atoms with Gasteiger partial charge in [-0.15, -0.1) is 0 Å². The van der Waals surface area contributed by atoms with Crippen LogP contribution >= 0.6 is 0 Å². The minimum atomic E-state index is -0.123. The topological polar surface area (TPSA) is 3.24 Å². The lowest BCUT2D eigenvalue weighted by Gasteiger charge is -2.30. The van der Waals surface area contributed by atoms with E-state index < -0.39 is 0 Å². The molecule has 0 bridgehead atoms. The molecule has 0 fully saturated rings. The fraction of sp³-hybridized carbons (Fsp3) is 0.0698. The minimum Gasteiger partial charge on any atom is -0.310 e. The quantitative estimate of drug-likeness (QED) is 0.194. The van der Waals surface area contributed by atoms with Crippen molar-refractivity contribution in [1.29, 1.82) is 0 Å². The van der Waals surface area contributed by atoms with Crippen molar-refractivity contribution < 1.29 is 0 Å². The molecule has 0 amide bonds. The van der Waals surface area contributed by atoms with Crippen molar-refractivity contribution in [2.75, 3.05) is 4.90 Å². The van der Waals surface area contributed by atoms with Gasteiger partial charge in [0, 0.05) is 22.4 Å². The number of hydrogen-bond acceptors (Lipinski definition) is 1. The van der Waals surface area contributed by atoms with Crippen LogP contribution in [0.25, 0.3) is 54.2 Å². The molecule has 1 aliphatic carbocycles. The van der Waals surface area contributed by atoms with Crippen LogP contribution in [0.5, 0.6) is 0 Å². The summed E-state index contributed by atoms with van der Waals surface area (Å²) in [5.74, 6) is 0. The van der Waals surface area contributed by atoms with E-state index >= 15 is 0 Å². The van der Waals surface area contributed by atoms with Gasteiger partial charge < -0.3 is 4.90 Å². The molecule has 0 unspecified atom stereocenters. The summed E-state index contributed by atoms with van der Waals surface area (Å²) in [6.45, 7) is 4.77. The molecule has 0 saturated carbocycles. The number of benzene rings is 8. The third kappa shape index (κ3) is 3.47. The Morgan fingerprint density at radius 2 is 0.977 bits per heavy atom. The lowest BCUT2D eigenvalue weighted by atomic mass is 9.80. The Morgan fingerprint density at radius 3 is 1.68 bits per heavy atom. The number of anilines is 3. The molecule has 1 aliphatic rings. The minimum absolute atomic E-state index is 0.123. The number of hydrogen-bond donors (Lipinski definition) is 0. The molecule has 1 nitrogen and oxygen atoms in total. The highest BCUT2D eigenvalue weighted by Gasteiger charge is 2.39. The summed E-state index contributed by atoms with van der Waals surface area (Å²) in [7, 11) is 0. The Kier molecular flexibility index (Phi) is 5.31. The van der Waals surface area contributed by atoms with Gasteiger partial charge in [0.15, 0.2) is 0 Å². The van der Waals surface area contributed by atoms with Gasteiger partial charge in [-0.2, -0.15) is 0 Å². The van der Waals surface area contributed by atoms with Gasteiger partial charge in [0.1, 0.15) is 0 Å². The van der Waals surface area contributed by atoms with Crippen LogP contribution in [0.15, 0.2) is 152 Å². The molecular formula is C43H31N. The van der Waals surface area contributed by atoms with E-state index in [-0.39, 0.29) is 5.41 Å². The highest BCUT2D eigenvalue weighted by Crippen LogP contribution is 2.56. The summed E-state index contributed by atoms with van der Waals surface area (Å²) in [5.41, 5.74) is 8.85. The second-order valence-electron chi connectivity index (χ2n) is 12.5. The molecule has 208 valence electrons. The van der Waals surface area contributed by atoms with Crippen LogP contribution in [0, 0.1) is 0 Å². The van der Waals surface area contributed by atoms with E-state index in [2.05, 4.69) is 170 Å². The van der Waals surface area contributed by atoms with E-state index in [9.17, 15) is 0 Å². The Labute approximate surface area is 257 Å². The van der Waals surface area contributed by atoms with Crippen LogP contribution in [-0.4, -0.2) is 0 Å². The molecular weight excluding hydrogens is 530 g/mol. The maximum atomic E-state index is 2.48. The van der Waals surface area contributed by atoms with E-state index in [1.54, 1.807) is 0 Å². The first kappa shape index (κ1) is 25.1. The smallest absolute Gasteiger partial charge is 0.0549 e. The second kappa shape index (κ2) is 9.30. The molecule has 0 aliphatic heterocycles. The van der Waals surface area contributed by atoms with Crippen molar-refractivity contribution in [3.63, 3.8) is 0 Å². The average molecular weight is 562 g/mol. The van der Waals surface area contributed by atoms with E-state index in [0.717, 1.165) is 11.4 Å². The third-order valence-corrected chi connectivity index (χ3v) is 9.76. The first-order valence-corrected chi connectivity index (χ1v) is 15.5. The van der Waals surface area contributed by atoms with E-state index in [1.807, 2.05) is 0 Å². The van der Waals surface area contributed by atoms with Crippen LogP contribution in [0.4, 0.5) is 17.1 Å². The Balaban J connectivity index is 1.41. The van der Waals surface area contributed by atoms with Crippen molar-refractivity contribution in [3.05, 3.63) is 163 Å². The Morgan fingerprint density at radius 1 is 0.432 bits per heavy atom. The molecule has 8 aromatic carbocycles. The Hall–Kier alpha value is -5.40. The molecule has 9 rings (SSSR count). The zero-order chi connectivity index (χ0) is 29.4. The van der Waals surface area contributed by atoms with Crippen molar-refractivity contribution in [2.24, 2.45) is 0 Å². The van der Waals surface area contributed by atoms with Gasteiger partial charge in [-0.1, -0.05) is 135 Å². The lowest BCUT2D eigenvalue weighted by Crippen LogP contribution is -2.16. The summed E-state index contributed by atoms with van der Waals surface area (Å²) >= 11 is 0. The molecule has 0 saturated heterocycles. The summed E-state index contributed by atoms with van der Waals surface area (Å²) < 4.78 is 0. The highest BCUT2D eigenvalue weighted by molar-refractivity contribution is 6.26. The first-order chi connectivity index (χ1) is 21.6. The van der Waals surface area contributed by atoms with E-state index in [1.165, 1.54) is 71.0 Å². The molecule has 1 heteroatoms. The summed E-state index contributed by atoms with van der Waals surface area (Å²) in [5, 5.41) is 10.3. The fourth-order valence-corrected chi connectivity index (χ4v) is 7.85. The van der Waals surface area contributed by atoms with Crippen molar-refractivity contribution in [3.8, 4) is 11.1 Å². The number of nitrogens with zero attached hydrogens (tertiary/aromatic N) is 1. The molecule has 0 atom stereocenters. The molecule has 0 spiro atoms. The predicted molar refractivity (Wildman–Crippen MR) is 189 cm³/mol. The largest absolute Gasteiger partial charge is 0.310 e. The molecule has 44 heavy (non-hydrogen) atoms. The monoisotopic (exact) mass is 561 g/mol. The number of para-hydroxylation sites is 1. The number of fused-ring (bicyclic) bond motifs is 11. The second-order valence-corrected chi connectivity index (χ2v) is 12.5. The Bertz CT molecular complexity index is 2380. The highest BCUT2D eigenvalue weighted by atomic mass is 15.1. The van der Waals surface area contributed by atoms with Gasteiger partial charge >= 0.3 is 0 Å². The normalized spacial score (nSPS) is 13.4. The van der Waals surface area contributed by atoms with Gasteiger partial charge in [-0.25, -0.2) is 0 Å². The molecule has 0 radical (unpaired) electrons. The summed E-state index contributed by atoms with van der Waals surface area (Å²) in [6.07, 6.45) is 0. The molecule has 0 aromatic heterocycles. The van der Waals surface area contributed by atoms with Crippen LogP contribution < -0.4 is 4.90 Å². The van der Waals surface area contributed by atoms with Gasteiger partial charge in [0.2, 0.25) is 0 Å². The van der Waals surface area contributed by atoms with Crippen LogP contribution in [-0.2, 0) is 5.41 Å². The molecule has 0 heterocycles. The van der Waals surface area contributed by atoms with E-state index in [0.29, 0.717) is 0 Å². The number of rotatable bonds is 3. The zero-order valence-electron chi connectivity index (χ0n) is 24.9. The van der Waals surface area contributed by atoms with Crippen LogP contribution in [0.1, 0.15) is 25.0 Å². The van der Waals surface area contributed by atoms with Gasteiger partial charge in [-0.3, -0.25) is 0 Å². The molecule has 8 aromatic rings. The standard InChI is InChI=1S/C43H31N/c1-43(2)39-23-13-12-22-37(39)41-40(26-28-14-6-7-17-31(28)42(41)43)44(29-15-4-3-5-16-29)30-24-25-36-34-20-9-8-18-32(34)33-19-10-11-21-35(33)38(36)27-30/h3-27H,1-2H3. The van der Waals surface area contributed by atoms with Crippen LogP contribution in [0.3, 0.4) is 0 Å². The maximum Gasteiger partial charge on any atom is 0.0549 e. The third-order valence-electron chi connectivity index (χ3n) is 9.76. The zero-order valence-corrected chi connectivity index (χ0v) is 24.9. The maximum absolute atomic E-state index is 2.48. The average Bonchev–Trinajstić information content (AvgIpc) is 3.32. The van der Waals surface area contributed by atoms with Crippen molar-refractivity contribution in [2.45, 2.75) is 19.3 Å². The van der Waals surface area contributed by atoms with E-state index in [4.69, 9.17) is 0 Å². The van der Waals surface area contributed by atoms with Gasteiger partial charge in [-0.05, 0) is 90.1 Å². The predicted octanol–water partition coefficient (Wildman–Crippen LogP) is 12.1. The first-order valence-electron chi connectivity index (χ1n) is 15.5. The van der Waals surface area contributed by atoms with Crippen LogP contribution in [0.2, 0.25) is 0 Å².